The van der Waals surface area contributed by atoms with Gasteiger partial charge in [-0.2, -0.15) is 12.6 Å². The number of Topliss-reactive ketones (excluding diaryl/α,β-unsaturated/α-hetero) is 1. The molecule has 0 amide bonds. The summed E-state index contributed by atoms with van der Waals surface area (Å²) in [6.07, 6.45) is 13.7. The summed E-state index contributed by atoms with van der Waals surface area (Å²) in [4.78, 5) is 11.8. The van der Waals surface area contributed by atoms with Crippen molar-refractivity contribution < 1.29 is 4.79 Å². The van der Waals surface area contributed by atoms with Crippen LogP contribution in [0.1, 0.15) is 70.6 Å². The first kappa shape index (κ1) is 13.5. The van der Waals surface area contributed by atoms with Crippen LogP contribution in [0.25, 0.3) is 0 Å². The highest BCUT2D eigenvalue weighted by atomic mass is 32.1. The van der Waals surface area contributed by atoms with E-state index in [1.54, 1.807) is 0 Å². The first-order valence-corrected chi connectivity index (χ1v) is 8.00. The molecule has 2 aliphatic rings. The normalized spacial score (nSPS) is 37.0. The fourth-order valence-corrected chi connectivity index (χ4v) is 3.46. The van der Waals surface area contributed by atoms with E-state index in [-0.39, 0.29) is 5.25 Å². The fraction of sp³-hybridized carbons (Fsp3) is 0.933. The zero-order chi connectivity index (χ0) is 12.1. The predicted octanol–water partition coefficient (Wildman–Crippen LogP) is 4.40. The zero-order valence-electron chi connectivity index (χ0n) is 10.9. The summed E-state index contributed by atoms with van der Waals surface area (Å²) < 4.78 is 0. The third kappa shape index (κ3) is 4.65. The molecule has 0 radical (unpaired) electrons. The minimum absolute atomic E-state index is 0.0200. The van der Waals surface area contributed by atoms with Crippen LogP contribution < -0.4 is 0 Å². The fourth-order valence-electron chi connectivity index (χ4n) is 3.15. The number of carbonyl (C=O) groups is 1. The molecule has 2 rings (SSSR count). The Morgan fingerprint density at radius 1 is 0.824 bits per heavy atom. The van der Waals surface area contributed by atoms with Crippen molar-refractivity contribution in [2.24, 2.45) is 11.8 Å². The molecular formula is C15H26OS. The summed E-state index contributed by atoms with van der Waals surface area (Å²) in [5.41, 5.74) is 0. The van der Waals surface area contributed by atoms with Crippen LogP contribution in [0.5, 0.6) is 0 Å². The lowest BCUT2D eigenvalue weighted by Gasteiger charge is -2.10. The number of hydrogen-bond acceptors (Lipinski definition) is 2. The molecule has 17 heavy (non-hydrogen) atoms. The maximum absolute atomic E-state index is 11.8. The van der Waals surface area contributed by atoms with E-state index in [1.807, 2.05) is 0 Å². The standard InChI is InChI=1S/C15H26OS/c16-14-9-5-1-3-7-12-11-13(12)8-4-2-6-10-15(14)17/h12-13,15,17H,1-11H2. The third-order valence-electron chi connectivity index (χ3n) is 4.49. The van der Waals surface area contributed by atoms with E-state index in [1.165, 1.54) is 51.4 Å². The van der Waals surface area contributed by atoms with E-state index < -0.39 is 0 Å². The molecule has 0 aromatic rings. The molecule has 98 valence electrons. The second-order valence-corrected chi connectivity index (χ2v) is 6.60. The van der Waals surface area contributed by atoms with Gasteiger partial charge < -0.3 is 0 Å². The van der Waals surface area contributed by atoms with Crippen molar-refractivity contribution in [3.63, 3.8) is 0 Å². The second-order valence-electron chi connectivity index (χ2n) is 5.98. The first-order chi connectivity index (χ1) is 8.27. The van der Waals surface area contributed by atoms with Gasteiger partial charge in [-0.15, -0.1) is 0 Å². The van der Waals surface area contributed by atoms with E-state index in [9.17, 15) is 4.79 Å². The molecule has 2 fully saturated rings. The van der Waals surface area contributed by atoms with Crippen molar-refractivity contribution in [1.29, 1.82) is 0 Å². The molecule has 0 aromatic carbocycles. The van der Waals surface area contributed by atoms with Gasteiger partial charge >= 0.3 is 0 Å². The number of fused-ring (bicyclic) bond motifs is 1. The third-order valence-corrected chi connectivity index (χ3v) is 5.04. The summed E-state index contributed by atoms with van der Waals surface area (Å²) in [5, 5.41) is 0.0200. The highest BCUT2D eigenvalue weighted by molar-refractivity contribution is 7.81. The van der Waals surface area contributed by atoms with Crippen molar-refractivity contribution in [3.05, 3.63) is 0 Å². The van der Waals surface area contributed by atoms with E-state index in [2.05, 4.69) is 12.6 Å². The Hall–Kier alpha value is 0.0200. The topological polar surface area (TPSA) is 17.1 Å². The minimum atomic E-state index is 0.0200. The van der Waals surface area contributed by atoms with Gasteiger partial charge in [0, 0.05) is 6.42 Å². The van der Waals surface area contributed by atoms with E-state index >= 15 is 0 Å². The Kier molecular flexibility index (Phi) is 5.40. The Morgan fingerprint density at radius 2 is 1.41 bits per heavy atom. The largest absolute Gasteiger partial charge is 0.298 e. The maximum Gasteiger partial charge on any atom is 0.145 e. The first-order valence-electron chi connectivity index (χ1n) is 7.48. The lowest BCUT2D eigenvalue weighted by molar-refractivity contribution is -0.118. The van der Waals surface area contributed by atoms with Crippen LogP contribution in [0.2, 0.25) is 0 Å². The van der Waals surface area contributed by atoms with Crippen molar-refractivity contribution in [2.75, 3.05) is 0 Å². The number of carbonyl (C=O) groups excluding carboxylic acids is 1. The van der Waals surface area contributed by atoms with Gasteiger partial charge in [0.1, 0.15) is 5.78 Å². The van der Waals surface area contributed by atoms with E-state index in [0.29, 0.717) is 5.78 Å². The molecule has 2 aliphatic carbocycles. The van der Waals surface area contributed by atoms with Crippen LogP contribution in [-0.4, -0.2) is 11.0 Å². The quantitative estimate of drug-likeness (QED) is 0.634. The van der Waals surface area contributed by atoms with Gasteiger partial charge in [0.05, 0.1) is 5.25 Å². The average Bonchev–Trinajstić information content (AvgIpc) is 3.05. The minimum Gasteiger partial charge on any atom is -0.298 e. The number of rotatable bonds is 0. The van der Waals surface area contributed by atoms with Crippen LogP contribution >= 0.6 is 12.6 Å². The van der Waals surface area contributed by atoms with Gasteiger partial charge in [-0.1, -0.05) is 44.9 Å². The summed E-state index contributed by atoms with van der Waals surface area (Å²) in [6.45, 7) is 0. The van der Waals surface area contributed by atoms with Crippen LogP contribution in [0.3, 0.4) is 0 Å². The molecule has 0 spiro atoms. The molecule has 0 saturated heterocycles. The van der Waals surface area contributed by atoms with Crippen molar-refractivity contribution in [1.82, 2.24) is 0 Å². The van der Waals surface area contributed by atoms with Crippen LogP contribution in [0.4, 0.5) is 0 Å². The molecule has 0 N–H and O–H groups in total. The van der Waals surface area contributed by atoms with E-state index in [4.69, 9.17) is 0 Å². The van der Waals surface area contributed by atoms with Gasteiger partial charge in [0.15, 0.2) is 0 Å². The summed E-state index contributed by atoms with van der Waals surface area (Å²) in [7, 11) is 0. The molecule has 0 bridgehead atoms. The Balaban J connectivity index is 1.73. The van der Waals surface area contributed by atoms with Gasteiger partial charge in [0.2, 0.25) is 0 Å². The van der Waals surface area contributed by atoms with Crippen molar-refractivity contribution >= 4 is 18.4 Å². The van der Waals surface area contributed by atoms with Crippen LogP contribution in [-0.2, 0) is 4.79 Å². The summed E-state index contributed by atoms with van der Waals surface area (Å²) >= 11 is 4.44. The highest BCUT2D eigenvalue weighted by Gasteiger charge is 2.35. The predicted molar refractivity (Wildman–Crippen MR) is 75.5 cm³/mol. The second kappa shape index (κ2) is 6.82. The Bertz CT molecular complexity index is 251. The van der Waals surface area contributed by atoms with Crippen molar-refractivity contribution in [2.45, 2.75) is 75.9 Å². The van der Waals surface area contributed by atoms with Crippen LogP contribution in [0.15, 0.2) is 0 Å². The molecule has 0 heterocycles. The van der Waals surface area contributed by atoms with Gasteiger partial charge in [-0.05, 0) is 31.1 Å². The molecule has 3 unspecified atom stereocenters. The SMILES string of the molecule is O=C1CCCCCC2CC2CCCCCC1S. The van der Waals surface area contributed by atoms with Crippen molar-refractivity contribution in [3.8, 4) is 0 Å². The molecule has 2 heteroatoms. The molecular weight excluding hydrogens is 228 g/mol. The highest BCUT2D eigenvalue weighted by Crippen LogP contribution is 2.45. The molecule has 0 aliphatic heterocycles. The molecule has 2 saturated carbocycles. The molecule has 1 nitrogen and oxygen atoms in total. The number of thiol groups is 1. The maximum atomic E-state index is 11.8. The Morgan fingerprint density at radius 3 is 2.12 bits per heavy atom. The summed E-state index contributed by atoms with van der Waals surface area (Å²) in [5.74, 6) is 2.49. The number of hydrogen-bond donors (Lipinski definition) is 1. The molecule has 0 aromatic heterocycles. The summed E-state index contributed by atoms with van der Waals surface area (Å²) in [6, 6.07) is 0. The smallest absolute Gasteiger partial charge is 0.145 e. The number of ketones is 1. The van der Waals surface area contributed by atoms with E-state index in [0.717, 1.165) is 31.1 Å². The lowest BCUT2D eigenvalue weighted by atomic mass is 10.0. The van der Waals surface area contributed by atoms with Gasteiger partial charge in [0.25, 0.3) is 0 Å². The lowest BCUT2D eigenvalue weighted by Crippen LogP contribution is -2.14. The molecule has 3 atom stereocenters. The monoisotopic (exact) mass is 254 g/mol. The van der Waals surface area contributed by atoms with Gasteiger partial charge in [-0.3, -0.25) is 4.79 Å². The Labute approximate surface area is 111 Å². The van der Waals surface area contributed by atoms with Crippen LogP contribution in [0, 0.1) is 11.8 Å². The zero-order valence-corrected chi connectivity index (χ0v) is 11.8. The average molecular weight is 254 g/mol. The van der Waals surface area contributed by atoms with Gasteiger partial charge in [-0.25, -0.2) is 0 Å².